The molecule has 0 amide bonds. The van der Waals surface area contributed by atoms with Crippen molar-refractivity contribution in [1.29, 1.82) is 0 Å². The van der Waals surface area contributed by atoms with Crippen LogP contribution in [0.4, 0.5) is 19.0 Å². The van der Waals surface area contributed by atoms with Crippen LogP contribution < -0.4 is 15.0 Å². The number of ether oxygens (including phenoxy) is 1. The number of piperazine rings is 1. The number of rotatable bonds is 7. The predicted octanol–water partition coefficient (Wildman–Crippen LogP) is 6.00. The summed E-state index contributed by atoms with van der Waals surface area (Å²) in [6, 6.07) is 7.25. The van der Waals surface area contributed by atoms with Gasteiger partial charge >= 0.3 is 6.01 Å². The van der Waals surface area contributed by atoms with Gasteiger partial charge in [0.15, 0.2) is 5.82 Å². The number of phenols is 1. The van der Waals surface area contributed by atoms with Crippen LogP contribution in [-0.4, -0.2) is 71.4 Å². The Bertz CT molecular complexity index is 2000. The van der Waals surface area contributed by atoms with Gasteiger partial charge in [0, 0.05) is 66.6 Å². The molecule has 3 saturated heterocycles. The number of anilines is 1. The fourth-order valence-electron chi connectivity index (χ4n) is 8.39. The molecule has 2 aliphatic carbocycles. The summed E-state index contributed by atoms with van der Waals surface area (Å²) in [6.45, 7) is 6.61. The molecule has 9 rings (SSSR count). The van der Waals surface area contributed by atoms with Crippen molar-refractivity contribution in [2.75, 3.05) is 44.2 Å². The smallest absolute Gasteiger partial charge is 0.319 e. The van der Waals surface area contributed by atoms with Crippen LogP contribution in [-0.2, 0) is 0 Å². The first-order chi connectivity index (χ1) is 22.8. The molecule has 7 nitrogen and oxygen atoms in total. The Morgan fingerprint density at radius 2 is 1.77 bits per heavy atom. The van der Waals surface area contributed by atoms with Gasteiger partial charge in [0.1, 0.15) is 28.7 Å². The summed E-state index contributed by atoms with van der Waals surface area (Å²) >= 11 is 0. The van der Waals surface area contributed by atoms with Crippen molar-refractivity contribution in [3.05, 3.63) is 53.3 Å². The van der Waals surface area contributed by atoms with Crippen molar-refractivity contribution in [1.82, 2.24) is 20.2 Å². The molecule has 47 heavy (non-hydrogen) atoms. The maximum atomic E-state index is 16.9. The van der Waals surface area contributed by atoms with E-state index in [-0.39, 0.29) is 56.7 Å². The van der Waals surface area contributed by atoms with Gasteiger partial charge in [0.05, 0.1) is 17.7 Å². The van der Waals surface area contributed by atoms with Crippen LogP contribution in [0, 0.1) is 46.5 Å². The van der Waals surface area contributed by atoms with Crippen LogP contribution in [0.2, 0.25) is 0 Å². The molecule has 0 spiro atoms. The first kappa shape index (κ1) is 29.1. The molecule has 5 aliphatic rings. The summed E-state index contributed by atoms with van der Waals surface area (Å²) in [7, 11) is 0. The van der Waals surface area contributed by atoms with E-state index in [4.69, 9.17) is 9.72 Å². The van der Waals surface area contributed by atoms with Gasteiger partial charge in [-0.25, -0.2) is 13.2 Å². The van der Waals surface area contributed by atoms with Crippen molar-refractivity contribution >= 4 is 27.5 Å². The van der Waals surface area contributed by atoms with Crippen molar-refractivity contribution in [3.63, 3.8) is 0 Å². The van der Waals surface area contributed by atoms with Crippen LogP contribution in [0.15, 0.2) is 30.3 Å². The van der Waals surface area contributed by atoms with Crippen molar-refractivity contribution < 1.29 is 23.0 Å². The van der Waals surface area contributed by atoms with Gasteiger partial charge in [0.2, 0.25) is 0 Å². The van der Waals surface area contributed by atoms with E-state index in [2.05, 4.69) is 31.9 Å². The van der Waals surface area contributed by atoms with E-state index in [1.54, 1.807) is 6.92 Å². The van der Waals surface area contributed by atoms with Crippen molar-refractivity contribution in [3.8, 4) is 34.7 Å². The number of nitrogens with one attached hydrogen (secondary N) is 1. The largest absolute Gasteiger partial charge is 0.508 e. The summed E-state index contributed by atoms with van der Waals surface area (Å²) < 4.78 is 54.7. The summed E-state index contributed by atoms with van der Waals surface area (Å²) in [4.78, 5) is 14.0. The zero-order chi connectivity index (χ0) is 32.0. The fraction of sp³-hybridized carbons (Fsp3) is 0.459. The lowest BCUT2D eigenvalue weighted by atomic mass is 9.92. The molecular formula is C37H36F3N5O2. The van der Waals surface area contributed by atoms with E-state index < -0.39 is 23.0 Å². The molecule has 2 saturated carbocycles. The van der Waals surface area contributed by atoms with Gasteiger partial charge in [-0.15, -0.1) is 5.92 Å². The number of piperidine rings is 1. The molecule has 2 N–H and O–H groups in total. The monoisotopic (exact) mass is 639 g/mol. The number of likely N-dealkylation sites (tertiary alicyclic amines) is 1. The second kappa shape index (κ2) is 10.7. The maximum Gasteiger partial charge on any atom is 0.319 e. The Kier molecular flexibility index (Phi) is 6.64. The highest BCUT2D eigenvalue weighted by Crippen LogP contribution is 2.51. The van der Waals surface area contributed by atoms with Crippen molar-refractivity contribution in [2.24, 2.45) is 17.3 Å². The highest BCUT2D eigenvalue weighted by Gasteiger charge is 2.51. The van der Waals surface area contributed by atoms with Gasteiger partial charge in [0.25, 0.3) is 0 Å². The highest BCUT2D eigenvalue weighted by molar-refractivity contribution is 6.04. The molecule has 4 heterocycles. The second-order valence-corrected chi connectivity index (χ2v) is 14.4. The molecule has 4 unspecified atom stereocenters. The Morgan fingerprint density at radius 3 is 2.49 bits per heavy atom. The normalized spacial score (nSPS) is 25.6. The molecule has 10 heteroatoms. The van der Waals surface area contributed by atoms with Crippen LogP contribution in [0.1, 0.15) is 44.6 Å². The molecule has 0 radical (unpaired) electrons. The lowest BCUT2D eigenvalue weighted by molar-refractivity contribution is 0.163. The van der Waals surface area contributed by atoms with E-state index in [1.165, 1.54) is 36.8 Å². The molecular weight excluding hydrogens is 603 g/mol. The van der Waals surface area contributed by atoms with E-state index in [0.717, 1.165) is 57.2 Å². The molecule has 4 aromatic rings. The number of fused-ring (bicyclic) bond motifs is 5. The molecule has 242 valence electrons. The quantitative estimate of drug-likeness (QED) is 0.241. The van der Waals surface area contributed by atoms with Crippen LogP contribution >= 0.6 is 0 Å². The molecule has 5 fully saturated rings. The Morgan fingerprint density at radius 1 is 1.00 bits per heavy atom. The number of aromatic hydroxyl groups is 1. The van der Waals surface area contributed by atoms with Crippen LogP contribution in [0.3, 0.4) is 0 Å². The maximum absolute atomic E-state index is 16.9. The average Bonchev–Trinajstić information content (AvgIpc) is 3.92. The van der Waals surface area contributed by atoms with E-state index >= 15 is 13.2 Å². The van der Waals surface area contributed by atoms with Gasteiger partial charge in [-0.1, -0.05) is 12.0 Å². The van der Waals surface area contributed by atoms with Crippen molar-refractivity contribution in [2.45, 2.75) is 51.1 Å². The van der Waals surface area contributed by atoms with E-state index in [9.17, 15) is 5.11 Å². The van der Waals surface area contributed by atoms with Gasteiger partial charge < -0.3 is 25.0 Å². The standard InChI is InChI=1S/C37H36F3N5O2/c1-2-3-26-29(38)7-4-20-11-25(46)12-27(31(20)26)32-30(39)13-28-34(33(32)40)42-36(43-35(28)45-16-23-5-6-24(17-45)41-23)47-19-37(8-9-37)18-44-14-21-10-22(21)15-44/h4,7,11-13,21-24,41,46H,5-6,8-10,14-19H2,1H3. The Labute approximate surface area is 271 Å². The number of nitrogens with zero attached hydrogens (tertiary/aromatic N) is 4. The number of aromatic nitrogens is 2. The molecule has 3 aromatic carbocycles. The van der Waals surface area contributed by atoms with E-state index in [0.29, 0.717) is 30.9 Å². The lowest BCUT2D eigenvalue weighted by Gasteiger charge is -2.34. The first-order valence-electron chi connectivity index (χ1n) is 16.7. The highest BCUT2D eigenvalue weighted by atomic mass is 19.1. The number of halogens is 3. The fourth-order valence-corrected chi connectivity index (χ4v) is 8.39. The lowest BCUT2D eigenvalue weighted by Crippen LogP contribution is -2.51. The zero-order valence-corrected chi connectivity index (χ0v) is 26.3. The van der Waals surface area contributed by atoms with Gasteiger partial charge in [-0.3, -0.25) is 0 Å². The third kappa shape index (κ3) is 5.06. The third-order valence-electron chi connectivity index (χ3n) is 11.0. The topological polar surface area (TPSA) is 73.8 Å². The minimum absolute atomic E-state index is 0.00223. The molecule has 2 bridgehead atoms. The minimum Gasteiger partial charge on any atom is -0.508 e. The van der Waals surface area contributed by atoms with Gasteiger partial charge in [-0.2, -0.15) is 9.97 Å². The average molecular weight is 640 g/mol. The predicted molar refractivity (Wildman–Crippen MR) is 174 cm³/mol. The van der Waals surface area contributed by atoms with Crippen LogP contribution in [0.25, 0.3) is 32.8 Å². The Balaban J connectivity index is 1.16. The zero-order valence-electron chi connectivity index (χ0n) is 26.3. The minimum atomic E-state index is -0.921. The molecule has 3 aliphatic heterocycles. The summed E-state index contributed by atoms with van der Waals surface area (Å²) in [5.41, 5.74) is -0.444. The van der Waals surface area contributed by atoms with Crippen LogP contribution in [0.5, 0.6) is 11.8 Å². The summed E-state index contributed by atoms with van der Waals surface area (Å²) in [6.07, 6.45) is 5.55. The number of phenolic OH excluding ortho intramolecular Hbond substituents is 1. The SMILES string of the molecule is CC#Cc1c(F)ccc2cc(O)cc(-c3c(F)cc4c(N5CC6CCC(C5)N6)nc(OCC5(CN6CC7CC7C6)CC5)nc4c3F)c12. The molecule has 4 atom stereocenters. The Hall–Kier alpha value is -4.07. The first-order valence-corrected chi connectivity index (χ1v) is 16.7. The third-order valence-corrected chi connectivity index (χ3v) is 11.0. The number of benzene rings is 3. The van der Waals surface area contributed by atoms with Gasteiger partial charge in [-0.05, 0) is 80.5 Å². The van der Waals surface area contributed by atoms with E-state index in [1.807, 2.05) is 0 Å². The summed E-state index contributed by atoms with van der Waals surface area (Å²) in [5, 5.41) is 15.1. The number of hydrogen-bond acceptors (Lipinski definition) is 7. The molecule has 1 aromatic heterocycles. The number of hydrogen-bond donors (Lipinski definition) is 2. The summed E-state index contributed by atoms with van der Waals surface area (Å²) in [5.74, 6) is 5.01. The second-order valence-electron chi connectivity index (χ2n) is 14.4.